The van der Waals surface area contributed by atoms with Gasteiger partial charge in [-0.3, -0.25) is 4.79 Å². The van der Waals surface area contributed by atoms with Crippen molar-refractivity contribution >= 4 is 22.5 Å². The smallest absolute Gasteiger partial charge is 0.395 e. The van der Waals surface area contributed by atoms with Crippen LogP contribution in [0.15, 0.2) is 36.4 Å². The molecule has 1 atom stereocenters. The third kappa shape index (κ3) is 4.34. The van der Waals surface area contributed by atoms with Crippen molar-refractivity contribution in [2.75, 3.05) is 18.5 Å². The summed E-state index contributed by atoms with van der Waals surface area (Å²) in [5.41, 5.74) is 0.588. The van der Waals surface area contributed by atoms with Gasteiger partial charge in [0.2, 0.25) is 5.91 Å². The van der Waals surface area contributed by atoms with Crippen LogP contribution in [0.3, 0.4) is 0 Å². The molecule has 208 valence electrons. The number of benzene rings is 2. The Balaban J connectivity index is 0.00000220. The second kappa shape index (κ2) is 8.94. The van der Waals surface area contributed by atoms with E-state index in [1.807, 2.05) is 19.9 Å². The minimum Gasteiger partial charge on any atom is -0.395 e. The van der Waals surface area contributed by atoms with E-state index in [0.29, 0.717) is 35.0 Å². The highest BCUT2D eigenvalue weighted by molar-refractivity contribution is 6.04. The number of carbonyl (C=O) groups is 1. The molecule has 1 amide bonds. The second-order valence-corrected chi connectivity index (χ2v) is 10.5. The number of halogens is 2. The summed E-state index contributed by atoms with van der Waals surface area (Å²) in [4.78, 5) is 13.5. The van der Waals surface area contributed by atoms with Gasteiger partial charge < -0.3 is 34.7 Å². The summed E-state index contributed by atoms with van der Waals surface area (Å²) in [7, 11) is 0. The molecule has 9 nitrogen and oxygen atoms in total. The molecule has 2 aromatic carbocycles. The largest absolute Gasteiger partial charge is 0.586 e. The van der Waals surface area contributed by atoms with Gasteiger partial charge in [0.1, 0.15) is 6.07 Å². The predicted molar refractivity (Wildman–Crippen MR) is 141 cm³/mol. The normalized spacial score (nSPS) is 17.7. The van der Waals surface area contributed by atoms with Crippen LogP contribution in [0.25, 0.3) is 10.9 Å². The van der Waals surface area contributed by atoms with E-state index < -0.39 is 29.8 Å². The molecule has 3 aromatic rings. The summed E-state index contributed by atoms with van der Waals surface area (Å²) in [6, 6.07) is 11.4. The molecule has 0 spiro atoms. The summed E-state index contributed by atoms with van der Waals surface area (Å²) in [5.74, 6) is -0.634. The lowest BCUT2D eigenvalue weighted by molar-refractivity contribution is -0.286. The minimum atomic E-state index is -3.76. The Kier molecular flexibility index (Phi) is 6.10. The maximum absolute atomic E-state index is 13.5. The number of hydrogen-bond donors (Lipinski definition) is 4. The third-order valence-electron chi connectivity index (χ3n) is 7.24. The van der Waals surface area contributed by atoms with Crippen molar-refractivity contribution in [2.45, 2.75) is 56.5 Å². The Bertz CT molecular complexity index is 1490. The first-order valence-electron chi connectivity index (χ1n) is 12.1. The number of aliphatic hydroxyl groups is 3. The monoisotopic (exact) mass is 535 g/mol. The summed E-state index contributed by atoms with van der Waals surface area (Å²) < 4.78 is 37.7. The quantitative estimate of drug-likeness (QED) is 0.341. The zero-order valence-corrected chi connectivity index (χ0v) is 20.8. The fraction of sp³-hybridized carbons (Fsp3) is 0.407. The highest BCUT2D eigenvalue weighted by Crippen LogP contribution is 2.52. The van der Waals surface area contributed by atoms with Gasteiger partial charge in [-0.2, -0.15) is 5.26 Å². The molecule has 2 aliphatic rings. The van der Waals surface area contributed by atoms with Crippen LogP contribution < -0.4 is 14.8 Å². The molecule has 0 bridgehead atoms. The molecular formula is C27H35F2N3O6. The number of ether oxygens (including phenoxy) is 2. The highest BCUT2D eigenvalue weighted by atomic mass is 19.3. The number of nitrogens with zero attached hydrogens (tertiary/aromatic N) is 2. The molecule has 1 aromatic heterocycles. The van der Waals surface area contributed by atoms with Crippen molar-refractivity contribution in [1.29, 1.82) is 5.26 Å². The van der Waals surface area contributed by atoms with Crippen LogP contribution in [0.2, 0.25) is 0 Å². The average molecular weight is 536 g/mol. The molecule has 1 saturated carbocycles. The second-order valence-electron chi connectivity index (χ2n) is 10.5. The number of amides is 1. The summed E-state index contributed by atoms with van der Waals surface area (Å²) >= 11 is 0. The SMILES string of the molecule is CC(C)(CO)c1cc2cc(NC(=O)C3(c4ccc5c(c4)OC(F)(F)O5)CC3)c(C#N)cc2n1C[C@@H](O)CO.[HH].[HH].[HH].[HH]. The number of rotatable bonds is 8. The van der Waals surface area contributed by atoms with Gasteiger partial charge in [-0.15, -0.1) is 8.78 Å². The van der Waals surface area contributed by atoms with E-state index >= 15 is 0 Å². The molecule has 4 N–H and O–H groups in total. The molecule has 0 saturated heterocycles. The van der Waals surface area contributed by atoms with Crippen molar-refractivity contribution in [2.24, 2.45) is 0 Å². The first kappa shape index (κ1) is 25.9. The minimum absolute atomic E-state index is 0. The van der Waals surface area contributed by atoms with Gasteiger partial charge in [0.25, 0.3) is 0 Å². The molecule has 5 rings (SSSR count). The van der Waals surface area contributed by atoms with Gasteiger partial charge in [-0.1, -0.05) is 19.9 Å². The highest BCUT2D eigenvalue weighted by Gasteiger charge is 2.53. The third-order valence-corrected chi connectivity index (χ3v) is 7.24. The van der Waals surface area contributed by atoms with E-state index in [0.717, 1.165) is 0 Å². The van der Waals surface area contributed by atoms with E-state index in [9.17, 15) is 34.2 Å². The maximum Gasteiger partial charge on any atom is 0.586 e. The number of nitriles is 1. The molecule has 1 aliphatic carbocycles. The maximum atomic E-state index is 13.5. The van der Waals surface area contributed by atoms with Crippen LogP contribution in [-0.2, 0) is 22.2 Å². The van der Waals surface area contributed by atoms with Crippen molar-refractivity contribution < 1.29 is 44.1 Å². The van der Waals surface area contributed by atoms with E-state index in [1.54, 1.807) is 22.8 Å². The van der Waals surface area contributed by atoms with Gasteiger partial charge in [0, 0.05) is 27.7 Å². The number of hydrogen-bond acceptors (Lipinski definition) is 7. The Morgan fingerprint density at radius 3 is 2.55 bits per heavy atom. The van der Waals surface area contributed by atoms with Gasteiger partial charge in [0.05, 0.1) is 42.5 Å². The first-order chi connectivity index (χ1) is 17.9. The number of aromatic nitrogens is 1. The van der Waals surface area contributed by atoms with Gasteiger partial charge in [-0.25, -0.2) is 0 Å². The van der Waals surface area contributed by atoms with Crippen molar-refractivity contribution in [3.63, 3.8) is 0 Å². The number of anilines is 1. The number of nitrogens with one attached hydrogen (secondary N) is 1. The molecule has 1 fully saturated rings. The first-order valence-corrected chi connectivity index (χ1v) is 12.1. The van der Waals surface area contributed by atoms with Gasteiger partial charge in [-0.05, 0) is 48.7 Å². The molecule has 0 radical (unpaired) electrons. The van der Waals surface area contributed by atoms with Crippen LogP contribution in [0, 0.1) is 11.3 Å². The summed E-state index contributed by atoms with van der Waals surface area (Å²) in [6.07, 6.45) is -3.84. The van der Waals surface area contributed by atoms with Crippen LogP contribution in [-0.4, -0.2) is 51.4 Å². The molecule has 2 heterocycles. The Morgan fingerprint density at radius 2 is 1.92 bits per heavy atom. The Hall–Kier alpha value is -3.72. The van der Waals surface area contributed by atoms with Gasteiger partial charge >= 0.3 is 6.29 Å². The van der Waals surface area contributed by atoms with Gasteiger partial charge in [0.15, 0.2) is 11.5 Å². The number of carbonyl (C=O) groups excluding carboxylic acids is 1. The predicted octanol–water partition coefficient (Wildman–Crippen LogP) is 4.11. The molecule has 38 heavy (non-hydrogen) atoms. The molecule has 1 aliphatic heterocycles. The zero-order chi connectivity index (χ0) is 27.5. The van der Waals surface area contributed by atoms with E-state index in [1.165, 1.54) is 12.1 Å². The van der Waals surface area contributed by atoms with Crippen LogP contribution in [0.1, 0.15) is 49.2 Å². The Morgan fingerprint density at radius 1 is 1.21 bits per heavy atom. The Labute approximate surface area is 222 Å². The molecular weight excluding hydrogens is 500 g/mol. The van der Waals surface area contributed by atoms with Crippen LogP contribution >= 0.6 is 0 Å². The van der Waals surface area contributed by atoms with Crippen LogP contribution in [0.5, 0.6) is 11.5 Å². The lowest BCUT2D eigenvalue weighted by Crippen LogP contribution is -2.29. The number of fused-ring (bicyclic) bond motifs is 2. The van der Waals surface area contributed by atoms with Crippen molar-refractivity contribution in [3.05, 3.63) is 53.2 Å². The fourth-order valence-electron chi connectivity index (χ4n) is 4.87. The van der Waals surface area contributed by atoms with Crippen molar-refractivity contribution in [3.8, 4) is 17.6 Å². The lowest BCUT2D eigenvalue weighted by atomic mass is 9.90. The van der Waals surface area contributed by atoms with E-state index in [4.69, 9.17) is 0 Å². The molecule has 0 unspecified atom stereocenters. The number of aliphatic hydroxyl groups excluding tert-OH is 3. The average Bonchev–Trinajstić information content (AvgIpc) is 3.53. The van der Waals surface area contributed by atoms with Crippen LogP contribution in [0.4, 0.5) is 14.5 Å². The molecule has 11 heteroatoms. The summed E-state index contributed by atoms with van der Waals surface area (Å²) in [6.45, 7) is 3.06. The zero-order valence-electron chi connectivity index (χ0n) is 20.8. The number of alkyl halides is 2. The topological polar surface area (TPSA) is 137 Å². The van der Waals surface area contributed by atoms with Crippen molar-refractivity contribution in [1.82, 2.24) is 4.57 Å². The summed E-state index contributed by atoms with van der Waals surface area (Å²) in [5, 5.41) is 42.9. The fourth-order valence-corrected chi connectivity index (χ4v) is 4.87. The van der Waals surface area contributed by atoms with E-state index in [2.05, 4.69) is 20.9 Å². The van der Waals surface area contributed by atoms with E-state index in [-0.39, 0.29) is 47.5 Å². The standard InChI is InChI=1S/C27H27F2N3O6.4H2/c1-25(2,14-34)23-9-15-7-19(16(11-30)8-20(15)32(23)12-18(35)13-33)31-24(36)26(5-6-26)17-3-4-21-22(10-17)38-27(28,29)37-21;;;;/h3-4,7-10,18,33-35H,5-6,12-14H2,1-2H3,(H,31,36);4*1H/t18-;;;;/m1..../s1. The lowest BCUT2D eigenvalue weighted by Gasteiger charge is -2.25.